The first-order chi connectivity index (χ1) is 9.27. The van der Waals surface area contributed by atoms with Gasteiger partial charge in [-0.1, -0.05) is 0 Å². The van der Waals surface area contributed by atoms with Crippen molar-refractivity contribution in [1.82, 2.24) is 10.2 Å². The Kier molecular flexibility index (Phi) is 4.59. The van der Waals surface area contributed by atoms with Crippen molar-refractivity contribution in [2.75, 3.05) is 26.2 Å². The van der Waals surface area contributed by atoms with E-state index in [4.69, 9.17) is 4.74 Å². The molecule has 20 heavy (non-hydrogen) atoms. The normalized spacial score (nSPS) is 31.4. The first-order valence-corrected chi connectivity index (χ1v) is 7.68. The average Bonchev–Trinajstić information content (AvgIpc) is 2.74. The summed E-state index contributed by atoms with van der Waals surface area (Å²) in [6, 6.07) is 0. The molecular formula is C15H28N2O3. The third-order valence-corrected chi connectivity index (χ3v) is 4.06. The molecule has 2 saturated heterocycles. The second-order valence-electron chi connectivity index (χ2n) is 7.29. The summed E-state index contributed by atoms with van der Waals surface area (Å²) in [7, 11) is 0. The third-order valence-electron chi connectivity index (χ3n) is 4.06. The molecule has 2 aliphatic heterocycles. The third kappa shape index (κ3) is 4.35. The van der Waals surface area contributed by atoms with Crippen molar-refractivity contribution in [2.24, 2.45) is 5.92 Å². The molecule has 0 saturated carbocycles. The van der Waals surface area contributed by atoms with E-state index in [2.05, 4.69) is 5.32 Å². The number of β-amino-alcohol motifs (C(OH)–C–C–N with tert-alkyl or cyclic N) is 1. The minimum atomic E-state index is -0.582. The van der Waals surface area contributed by atoms with Crippen molar-refractivity contribution < 1.29 is 14.6 Å². The van der Waals surface area contributed by atoms with Gasteiger partial charge in [0, 0.05) is 19.6 Å². The van der Waals surface area contributed by atoms with Crippen LogP contribution in [-0.2, 0) is 4.74 Å². The number of likely N-dealkylation sites (tertiary alicyclic amines) is 1. The molecular weight excluding hydrogens is 256 g/mol. The van der Waals surface area contributed by atoms with Gasteiger partial charge < -0.3 is 20.1 Å². The molecule has 2 aliphatic rings. The minimum Gasteiger partial charge on any atom is -0.444 e. The molecule has 0 radical (unpaired) electrons. The molecule has 0 aromatic rings. The highest BCUT2D eigenvalue weighted by atomic mass is 16.6. The van der Waals surface area contributed by atoms with E-state index in [1.54, 1.807) is 4.90 Å². The fourth-order valence-corrected chi connectivity index (χ4v) is 3.17. The zero-order valence-electron chi connectivity index (χ0n) is 12.9. The maximum Gasteiger partial charge on any atom is 0.410 e. The van der Waals surface area contributed by atoms with Crippen molar-refractivity contribution in [3.63, 3.8) is 0 Å². The topological polar surface area (TPSA) is 61.8 Å². The van der Waals surface area contributed by atoms with Crippen LogP contribution in [0.3, 0.4) is 0 Å². The predicted octanol–water partition coefficient (Wildman–Crippen LogP) is 1.75. The number of hydrogen-bond acceptors (Lipinski definition) is 4. The van der Waals surface area contributed by atoms with Crippen LogP contribution in [0.2, 0.25) is 0 Å². The van der Waals surface area contributed by atoms with E-state index in [0.717, 1.165) is 38.8 Å². The Balaban J connectivity index is 1.86. The number of amides is 1. The maximum atomic E-state index is 12.1. The highest BCUT2D eigenvalue weighted by Gasteiger charge is 2.36. The first kappa shape index (κ1) is 15.6. The van der Waals surface area contributed by atoms with Crippen LogP contribution in [0, 0.1) is 5.92 Å². The smallest absolute Gasteiger partial charge is 0.410 e. The molecule has 0 bridgehead atoms. The molecule has 2 unspecified atom stereocenters. The molecule has 2 fully saturated rings. The number of ether oxygens (including phenoxy) is 1. The molecule has 2 N–H and O–H groups in total. The van der Waals surface area contributed by atoms with Crippen LogP contribution in [-0.4, -0.2) is 53.5 Å². The van der Waals surface area contributed by atoms with Gasteiger partial charge in [-0.3, -0.25) is 0 Å². The molecule has 0 aliphatic carbocycles. The zero-order valence-corrected chi connectivity index (χ0v) is 12.9. The van der Waals surface area contributed by atoms with E-state index in [0.29, 0.717) is 19.0 Å². The zero-order chi connectivity index (χ0) is 14.8. The van der Waals surface area contributed by atoms with Crippen LogP contribution in [0.4, 0.5) is 4.79 Å². The quantitative estimate of drug-likeness (QED) is 0.811. The van der Waals surface area contributed by atoms with Gasteiger partial charge in [0.1, 0.15) is 5.60 Å². The van der Waals surface area contributed by atoms with E-state index < -0.39 is 11.2 Å². The Morgan fingerprint density at radius 3 is 2.85 bits per heavy atom. The predicted molar refractivity (Wildman–Crippen MR) is 77.6 cm³/mol. The van der Waals surface area contributed by atoms with Gasteiger partial charge in [-0.15, -0.1) is 0 Å². The molecule has 2 atom stereocenters. The van der Waals surface area contributed by atoms with Gasteiger partial charge in [0.15, 0.2) is 0 Å². The highest BCUT2D eigenvalue weighted by Crippen LogP contribution is 2.29. The molecule has 1 amide bonds. The van der Waals surface area contributed by atoms with Crippen molar-refractivity contribution in [2.45, 2.75) is 57.7 Å². The van der Waals surface area contributed by atoms with Crippen LogP contribution in [0.1, 0.15) is 46.5 Å². The molecule has 2 rings (SSSR count). The molecule has 0 aromatic carbocycles. The number of rotatable bonds is 2. The lowest BCUT2D eigenvalue weighted by atomic mass is 9.85. The van der Waals surface area contributed by atoms with Crippen LogP contribution in [0.5, 0.6) is 0 Å². The lowest BCUT2D eigenvalue weighted by Gasteiger charge is -2.36. The van der Waals surface area contributed by atoms with Gasteiger partial charge >= 0.3 is 6.09 Å². The largest absolute Gasteiger partial charge is 0.444 e. The molecule has 5 heteroatoms. The van der Waals surface area contributed by atoms with Crippen LogP contribution in [0.25, 0.3) is 0 Å². The Morgan fingerprint density at radius 1 is 1.50 bits per heavy atom. The SMILES string of the molecule is CC(C)(C)OC(=O)N1CCCC(CC2(O)CCNC2)C1. The second kappa shape index (κ2) is 5.90. The summed E-state index contributed by atoms with van der Waals surface area (Å²) in [5.74, 6) is 0.376. The Bertz CT molecular complexity index is 346. The van der Waals surface area contributed by atoms with Crippen molar-refractivity contribution >= 4 is 6.09 Å². The number of piperidine rings is 1. The molecule has 116 valence electrons. The molecule has 2 heterocycles. The number of hydrogen-bond donors (Lipinski definition) is 2. The Labute approximate surface area is 121 Å². The van der Waals surface area contributed by atoms with Crippen LogP contribution >= 0.6 is 0 Å². The molecule has 5 nitrogen and oxygen atoms in total. The fourth-order valence-electron chi connectivity index (χ4n) is 3.17. The van der Waals surface area contributed by atoms with Gasteiger partial charge in [0.2, 0.25) is 0 Å². The monoisotopic (exact) mass is 284 g/mol. The lowest BCUT2D eigenvalue weighted by molar-refractivity contribution is -0.000925. The fraction of sp³-hybridized carbons (Fsp3) is 0.933. The van der Waals surface area contributed by atoms with Crippen molar-refractivity contribution in [3.05, 3.63) is 0 Å². The second-order valence-corrected chi connectivity index (χ2v) is 7.29. The summed E-state index contributed by atoms with van der Waals surface area (Å²) in [6.07, 6.45) is 3.45. The minimum absolute atomic E-state index is 0.223. The molecule has 0 spiro atoms. The summed E-state index contributed by atoms with van der Waals surface area (Å²) in [4.78, 5) is 13.9. The Hall–Kier alpha value is -0.810. The summed E-state index contributed by atoms with van der Waals surface area (Å²) in [6.45, 7) is 8.70. The number of carbonyl (C=O) groups is 1. The van der Waals surface area contributed by atoms with Gasteiger partial charge in [-0.05, 0) is 58.9 Å². The van der Waals surface area contributed by atoms with Gasteiger partial charge in [-0.25, -0.2) is 4.79 Å². The van der Waals surface area contributed by atoms with E-state index in [1.807, 2.05) is 20.8 Å². The van der Waals surface area contributed by atoms with Gasteiger partial charge in [-0.2, -0.15) is 0 Å². The van der Waals surface area contributed by atoms with Crippen LogP contribution in [0.15, 0.2) is 0 Å². The number of nitrogens with zero attached hydrogens (tertiary/aromatic N) is 1. The maximum absolute atomic E-state index is 12.1. The van der Waals surface area contributed by atoms with E-state index >= 15 is 0 Å². The average molecular weight is 284 g/mol. The number of nitrogens with one attached hydrogen (secondary N) is 1. The van der Waals surface area contributed by atoms with Gasteiger partial charge in [0.05, 0.1) is 5.60 Å². The van der Waals surface area contributed by atoms with Crippen molar-refractivity contribution in [1.29, 1.82) is 0 Å². The van der Waals surface area contributed by atoms with E-state index in [9.17, 15) is 9.90 Å². The van der Waals surface area contributed by atoms with Gasteiger partial charge in [0.25, 0.3) is 0 Å². The summed E-state index contributed by atoms with van der Waals surface area (Å²) >= 11 is 0. The van der Waals surface area contributed by atoms with E-state index in [-0.39, 0.29) is 6.09 Å². The van der Waals surface area contributed by atoms with Crippen molar-refractivity contribution in [3.8, 4) is 0 Å². The highest BCUT2D eigenvalue weighted by molar-refractivity contribution is 5.68. The number of carbonyl (C=O) groups excluding carboxylic acids is 1. The van der Waals surface area contributed by atoms with Crippen LogP contribution < -0.4 is 5.32 Å². The Morgan fingerprint density at radius 2 is 2.25 bits per heavy atom. The summed E-state index contributed by atoms with van der Waals surface area (Å²) in [5.41, 5.74) is -1.03. The molecule has 0 aromatic heterocycles. The number of aliphatic hydroxyl groups is 1. The standard InChI is InChI=1S/C15H28N2O3/c1-14(2,3)20-13(18)17-8-4-5-12(10-17)9-15(19)6-7-16-11-15/h12,16,19H,4-11H2,1-3H3. The summed E-state index contributed by atoms with van der Waals surface area (Å²) < 4.78 is 5.43. The first-order valence-electron chi connectivity index (χ1n) is 7.68. The summed E-state index contributed by atoms with van der Waals surface area (Å²) in [5, 5.41) is 13.7. The van der Waals surface area contributed by atoms with E-state index in [1.165, 1.54) is 0 Å². The lowest BCUT2D eigenvalue weighted by Crippen LogP contribution is -2.45.